The fourth-order valence-electron chi connectivity index (χ4n) is 11.5. The quantitative estimate of drug-likeness (QED) is 0.0320. The van der Waals surface area contributed by atoms with E-state index < -0.39 is 12.1 Å². The van der Waals surface area contributed by atoms with E-state index in [0.717, 1.165) is 44.9 Å². The average Bonchev–Trinajstić information content (AvgIpc) is 3.45. The first-order chi connectivity index (χ1) is 39.0. The van der Waals surface area contributed by atoms with Gasteiger partial charge in [0.2, 0.25) is 5.91 Å². The number of hydrogen-bond acceptors (Lipinski definition) is 5. The van der Waals surface area contributed by atoms with Crippen molar-refractivity contribution < 1.29 is 24.5 Å². The van der Waals surface area contributed by atoms with E-state index in [1.807, 2.05) is 0 Å². The molecule has 0 aromatic heterocycles. The highest BCUT2D eigenvalue weighted by atomic mass is 16.5. The van der Waals surface area contributed by atoms with Crippen LogP contribution >= 0.6 is 0 Å². The van der Waals surface area contributed by atoms with Gasteiger partial charge < -0.3 is 20.3 Å². The third kappa shape index (κ3) is 65.4. The Balaban J connectivity index is 3.41. The Morgan fingerprint density at radius 1 is 0.342 bits per heavy atom. The normalized spacial score (nSPS) is 12.6. The monoisotopic (exact) mass is 1110 g/mol. The van der Waals surface area contributed by atoms with Crippen molar-refractivity contribution in [2.75, 3.05) is 13.2 Å². The molecule has 0 saturated heterocycles. The lowest BCUT2D eigenvalue weighted by Gasteiger charge is -2.22. The van der Waals surface area contributed by atoms with Crippen molar-refractivity contribution in [3.8, 4) is 0 Å². The number of unbranched alkanes of at least 4 members (excludes halogenated alkanes) is 53. The summed E-state index contributed by atoms with van der Waals surface area (Å²) in [6.45, 7) is 4.98. The lowest BCUT2D eigenvalue weighted by Crippen LogP contribution is -2.45. The van der Waals surface area contributed by atoms with Crippen molar-refractivity contribution in [1.82, 2.24) is 5.32 Å². The summed E-state index contributed by atoms with van der Waals surface area (Å²) >= 11 is 0. The molecule has 0 heterocycles. The van der Waals surface area contributed by atoms with Crippen molar-refractivity contribution in [2.24, 2.45) is 0 Å². The number of rotatable bonds is 68. The Kier molecular flexibility index (Phi) is 67.4. The van der Waals surface area contributed by atoms with Crippen LogP contribution in [0.2, 0.25) is 0 Å². The molecule has 0 aromatic carbocycles. The number of amides is 1. The molecule has 2 atom stereocenters. The molecule has 0 bridgehead atoms. The second-order valence-electron chi connectivity index (χ2n) is 24.9. The molecule has 0 aromatic rings. The maximum atomic E-state index is 12.6. The molecule has 2 unspecified atom stereocenters. The molecular weight excluding hydrogens is 971 g/mol. The standard InChI is InChI=1S/C73H141NO5/c1-3-5-7-9-11-13-15-17-19-20-21-22-23-24-25-28-31-34-38-41-45-49-53-57-61-65-71(76)70(69-75)74-72(77)66-62-58-54-50-46-42-39-35-32-29-26-27-30-33-36-40-44-48-52-56-60-64-68-79-73(78)67-63-59-55-51-47-43-37-18-16-14-12-10-8-6-4-2/h18,29,32,37,70-71,75-76H,3-17,19-28,30-31,33-36,38-69H2,1-2H3,(H,74,77)/b32-29-,37-18-. The second-order valence-corrected chi connectivity index (χ2v) is 24.9. The summed E-state index contributed by atoms with van der Waals surface area (Å²) in [6.07, 6.45) is 86.5. The van der Waals surface area contributed by atoms with Crippen molar-refractivity contribution in [3.05, 3.63) is 24.3 Å². The van der Waals surface area contributed by atoms with Crippen LogP contribution in [0.15, 0.2) is 24.3 Å². The first-order valence-corrected chi connectivity index (χ1v) is 36.1. The Bertz CT molecular complexity index is 1230. The molecule has 0 rings (SSSR count). The predicted molar refractivity (Wildman–Crippen MR) is 347 cm³/mol. The largest absolute Gasteiger partial charge is 0.466 e. The van der Waals surface area contributed by atoms with Gasteiger partial charge in [-0.15, -0.1) is 0 Å². The van der Waals surface area contributed by atoms with Gasteiger partial charge in [-0.25, -0.2) is 0 Å². The molecule has 0 spiro atoms. The zero-order chi connectivity index (χ0) is 57.1. The smallest absolute Gasteiger partial charge is 0.305 e. The number of nitrogens with one attached hydrogen (secondary N) is 1. The molecular formula is C73H141NO5. The zero-order valence-corrected chi connectivity index (χ0v) is 53.6. The van der Waals surface area contributed by atoms with Crippen molar-refractivity contribution in [3.63, 3.8) is 0 Å². The number of aliphatic hydroxyl groups is 2. The molecule has 1 amide bonds. The highest BCUT2D eigenvalue weighted by Gasteiger charge is 2.20. The van der Waals surface area contributed by atoms with Crippen molar-refractivity contribution in [1.29, 1.82) is 0 Å². The molecule has 0 aliphatic heterocycles. The van der Waals surface area contributed by atoms with E-state index in [1.165, 1.54) is 327 Å². The van der Waals surface area contributed by atoms with E-state index in [2.05, 4.69) is 43.5 Å². The zero-order valence-electron chi connectivity index (χ0n) is 53.6. The number of ether oxygens (including phenoxy) is 1. The third-order valence-corrected chi connectivity index (χ3v) is 17.0. The summed E-state index contributed by atoms with van der Waals surface area (Å²) in [4.78, 5) is 24.6. The highest BCUT2D eigenvalue weighted by molar-refractivity contribution is 5.76. The molecule has 6 nitrogen and oxygen atoms in total. The van der Waals surface area contributed by atoms with Crippen LogP contribution in [0.3, 0.4) is 0 Å². The number of allylic oxidation sites excluding steroid dienone is 4. The molecule has 79 heavy (non-hydrogen) atoms. The summed E-state index contributed by atoms with van der Waals surface area (Å²) in [5.41, 5.74) is 0. The maximum absolute atomic E-state index is 12.6. The lowest BCUT2D eigenvalue weighted by molar-refractivity contribution is -0.143. The maximum Gasteiger partial charge on any atom is 0.305 e. The molecule has 0 radical (unpaired) electrons. The molecule has 0 aliphatic carbocycles. The molecule has 0 aliphatic rings. The summed E-state index contributed by atoms with van der Waals surface area (Å²) in [6, 6.07) is -0.548. The molecule has 3 N–H and O–H groups in total. The number of aliphatic hydroxyl groups excluding tert-OH is 2. The van der Waals surface area contributed by atoms with Gasteiger partial charge in [0.1, 0.15) is 0 Å². The van der Waals surface area contributed by atoms with Gasteiger partial charge in [-0.2, -0.15) is 0 Å². The van der Waals surface area contributed by atoms with Gasteiger partial charge in [-0.1, -0.05) is 340 Å². The highest BCUT2D eigenvalue weighted by Crippen LogP contribution is 2.19. The third-order valence-electron chi connectivity index (χ3n) is 17.0. The fraction of sp³-hybridized carbons (Fsp3) is 0.918. The Labute approximate surface area is 494 Å². The van der Waals surface area contributed by atoms with E-state index in [4.69, 9.17) is 4.74 Å². The summed E-state index contributed by atoms with van der Waals surface area (Å²) in [5, 5.41) is 23.4. The number of esters is 1. The van der Waals surface area contributed by atoms with E-state index in [-0.39, 0.29) is 18.5 Å². The van der Waals surface area contributed by atoms with Crippen LogP contribution in [0.4, 0.5) is 0 Å². The van der Waals surface area contributed by atoms with Crippen LogP contribution in [0.25, 0.3) is 0 Å². The number of carbonyl (C=O) groups is 2. The summed E-state index contributed by atoms with van der Waals surface area (Å²) in [5.74, 6) is -0.0341. The SMILES string of the molecule is CCCCCCCC/C=C\CCCCCCCC(=O)OCCCCCCCCCCCCC/C=C\CCCCCCCCCC(=O)NC(CO)C(O)CCCCCCCCCCCCCCCCCCCCCCCCCCC. The molecule has 0 saturated carbocycles. The van der Waals surface area contributed by atoms with Crippen LogP contribution in [0.1, 0.15) is 406 Å². The van der Waals surface area contributed by atoms with E-state index in [0.29, 0.717) is 25.9 Å². The second kappa shape index (κ2) is 68.8. The Morgan fingerprint density at radius 3 is 0.899 bits per heavy atom. The van der Waals surface area contributed by atoms with Crippen LogP contribution < -0.4 is 5.32 Å². The van der Waals surface area contributed by atoms with Crippen LogP contribution in [-0.2, 0) is 14.3 Å². The van der Waals surface area contributed by atoms with Crippen LogP contribution in [0.5, 0.6) is 0 Å². The van der Waals surface area contributed by atoms with Gasteiger partial charge in [0.05, 0.1) is 25.4 Å². The van der Waals surface area contributed by atoms with Gasteiger partial charge in [0.25, 0.3) is 0 Å². The molecule has 6 heteroatoms. The number of carbonyl (C=O) groups excluding carboxylic acids is 2. The summed E-state index contributed by atoms with van der Waals surface area (Å²) in [7, 11) is 0. The minimum atomic E-state index is -0.670. The Morgan fingerprint density at radius 2 is 0.595 bits per heavy atom. The van der Waals surface area contributed by atoms with Gasteiger partial charge >= 0.3 is 5.97 Å². The van der Waals surface area contributed by atoms with Crippen molar-refractivity contribution >= 4 is 11.9 Å². The minimum absolute atomic E-state index is 0.00310. The van der Waals surface area contributed by atoms with Gasteiger partial charge in [-0.05, 0) is 77.0 Å². The average molecular weight is 1110 g/mol. The predicted octanol–water partition coefficient (Wildman–Crippen LogP) is 23.3. The topological polar surface area (TPSA) is 95.9 Å². The van der Waals surface area contributed by atoms with Gasteiger partial charge in [0, 0.05) is 12.8 Å². The van der Waals surface area contributed by atoms with Crippen LogP contribution in [0, 0.1) is 0 Å². The fourth-order valence-corrected chi connectivity index (χ4v) is 11.5. The molecule has 0 fully saturated rings. The Hall–Kier alpha value is -1.66. The van der Waals surface area contributed by atoms with E-state index in [9.17, 15) is 19.8 Å². The lowest BCUT2D eigenvalue weighted by atomic mass is 10.0. The van der Waals surface area contributed by atoms with E-state index in [1.54, 1.807) is 0 Å². The van der Waals surface area contributed by atoms with Gasteiger partial charge in [-0.3, -0.25) is 9.59 Å². The van der Waals surface area contributed by atoms with Crippen molar-refractivity contribution in [2.45, 2.75) is 418 Å². The molecule has 468 valence electrons. The minimum Gasteiger partial charge on any atom is -0.466 e. The van der Waals surface area contributed by atoms with Gasteiger partial charge in [0.15, 0.2) is 0 Å². The van der Waals surface area contributed by atoms with E-state index >= 15 is 0 Å². The summed E-state index contributed by atoms with van der Waals surface area (Å²) < 4.78 is 5.49. The first-order valence-electron chi connectivity index (χ1n) is 36.1. The first kappa shape index (κ1) is 77.3. The van der Waals surface area contributed by atoms with Crippen LogP contribution in [-0.4, -0.2) is 47.4 Å². The number of hydrogen-bond donors (Lipinski definition) is 3.